The number of carboxylic acid groups (broad SMARTS) is 1. The maximum Gasteiger partial charge on any atom is 0.335 e. The Hall–Kier alpha value is -4.45. The van der Waals surface area contributed by atoms with E-state index in [0.717, 1.165) is 23.0 Å². The number of hydrogen-bond donors (Lipinski definition) is 1. The van der Waals surface area contributed by atoms with Crippen LogP contribution in [0.25, 0.3) is 17.0 Å². The Labute approximate surface area is 204 Å². The van der Waals surface area contributed by atoms with Crippen LogP contribution in [0.2, 0.25) is 0 Å². The number of aromatic nitrogens is 1. The first-order valence-corrected chi connectivity index (χ1v) is 11.6. The van der Waals surface area contributed by atoms with E-state index in [0.29, 0.717) is 17.0 Å². The number of hydrogen-bond acceptors (Lipinski definition) is 3. The molecule has 0 spiro atoms. The summed E-state index contributed by atoms with van der Waals surface area (Å²) in [7, 11) is 0. The first kappa shape index (κ1) is 23.7. The second kappa shape index (κ2) is 10.2. The first-order valence-electron chi connectivity index (χ1n) is 11.6. The van der Waals surface area contributed by atoms with Gasteiger partial charge in [0.05, 0.1) is 22.5 Å². The molecule has 3 aromatic carbocycles. The molecule has 2 heterocycles. The molecule has 1 amide bonds. The Morgan fingerprint density at radius 1 is 0.971 bits per heavy atom. The van der Waals surface area contributed by atoms with Crippen molar-refractivity contribution in [1.82, 2.24) is 4.57 Å². The molecule has 0 unspecified atom stereocenters. The normalized spacial score (nSPS) is 14.1. The van der Waals surface area contributed by atoms with Crippen LogP contribution in [0, 0.1) is 0 Å². The van der Waals surface area contributed by atoms with Crippen LogP contribution in [0.4, 0.5) is 5.69 Å². The van der Waals surface area contributed by atoms with Crippen molar-refractivity contribution >= 4 is 40.3 Å². The van der Waals surface area contributed by atoms with Gasteiger partial charge in [-0.3, -0.25) is 4.79 Å². The van der Waals surface area contributed by atoms with Crippen molar-refractivity contribution in [2.24, 2.45) is 5.10 Å². The number of hydrazone groups is 1. The topological polar surface area (TPSA) is 74.9 Å². The van der Waals surface area contributed by atoms with Crippen molar-refractivity contribution in [2.75, 3.05) is 5.01 Å². The molecule has 5 rings (SSSR count). The van der Waals surface area contributed by atoms with Gasteiger partial charge < -0.3 is 9.67 Å². The third-order valence-corrected chi connectivity index (χ3v) is 5.70. The summed E-state index contributed by atoms with van der Waals surface area (Å²) in [6.45, 7) is 6.57. The Morgan fingerprint density at radius 2 is 1.74 bits per heavy atom. The highest BCUT2D eigenvalue weighted by atomic mass is 16.4. The van der Waals surface area contributed by atoms with Gasteiger partial charge in [0.2, 0.25) is 0 Å². The number of benzene rings is 3. The number of amides is 1. The number of anilines is 1. The third-order valence-electron chi connectivity index (χ3n) is 5.70. The standard InChI is InChI=1S/C27H21N3O3.C2H6/c1-18-24(26(31)30(28-18)23-9-5-8-22(16-23)27(32)33)15-20-10-11-25-21(14-20)12-13-29(25)17-19-6-3-2-4-7-19;1-2/h2-16H,17H2,1H3,(H,32,33);1-2H3/b24-15-;. The Morgan fingerprint density at radius 3 is 2.49 bits per heavy atom. The molecule has 0 saturated carbocycles. The van der Waals surface area contributed by atoms with Gasteiger partial charge in [0.25, 0.3) is 5.91 Å². The molecule has 0 radical (unpaired) electrons. The molecule has 6 heteroatoms. The molecule has 176 valence electrons. The number of nitrogens with zero attached hydrogens (tertiary/aromatic N) is 3. The van der Waals surface area contributed by atoms with Crippen LogP contribution >= 0.6 is 0 Å². The Kier molecular flexibility index (Phi) is 6.92. The van der Waals surface area contributed by atoms with Crippen LogP contribution < -0.4 is 5.01 Å². The minimum absolute atomic E-state index is 0.107. The second-order valence-corrected chi connectivity index (χ2v) is 7.96. The molecule has 35 heavy (non-hydrogen) atoms. The monoisotopic (exact) mass is 465 g/mol. The molecular weight excluding hydrogens is 438 g/mol. The molecule has 0 bridgehead atoms. The summed E-state index contributed by atoms with van der Waals surface area (Å²) in [6, 6.07) is 24.7. The fourth-order valence-electron chi connectivity index (χ4n) is 4.02. The summed E-state index contributed by atoms with van der Waals surface area (Å²) in [6.07, 6.45) is 3.90. The van der Waals surface area contributed by atoms with Crippen molar-refractivity contribution in [3.63, 3.8) is 0 Å². The number of carbonyl (C=O) groups is 2. The van der Waals surface area contributed by atoms with E-state index in [1.54, 1.807) is 19.1 Å². The molecule has 1 N–H and O–H groups in total. The van der Waals surface area contributed by atoms with Gasteiger partial charge in [-0.2, -0.15) is 10.1 Å². The fraction of sp³-hybridized carbons (Fsp3) is 0.138. The van der Waals surface area contributed by atoms with Gasteiger partial charge >= 0.3 is 5.97 Å². The summed E-state index contributed by atoms with van der Waals surface area (Å²) in [5.41, 5.74) is 4.86. The summed E-state index contributed by atoms with van der Waals surface area (Å²) in [4.78, 5) is 24.3. The minimum atomic E-state index is -1.05. The number of fused-ring (bicyclic) bond motifs is 1. The molecule has 0 aliphatic carbocycles. The first-order chi connectivity index (χ1) is 17.0. The minimum Gasteiger partial charge on any atom is -0.478 e. The van der Waals surface area contributed by atoms with E-state index in [9.17, 15) is 14.7 Å². The molecule has 1 aliphatic rings. The highest BCUT2D eigenvalue weighted by Crippen LogP contribution is 2.27. The molecule has 0 fully saturated rings. The van der Waals surface area contributed by atoms with Gasteiger partial charge in [-0.15, -0.1) is 0 Å². The van der Waals surface area contributed by atoms with Crippen LogP contribution in [0.5, 0.6) is 0 Å². The molecule has 6 nitrogen and oxygen atoms in total. The largest absolute Gasteiger partial charge is 0.478 e. The van der Waals surface area contributed by atoms with Gasteiger partial charge in [0.15, 0.2) is 0 Å². The van der Waals surface area contributed by atoms with E-state index in [1.165, 1.54) is 22.7 Å². The zero-order chi connectivity index (χ0) is 24.9. The van der Waals surface area contributed by atoms with E-state index in [4.69, 9.17) is 0 Å². The van der Waals surface area contributed by atoms with Gasteiger partial charge in [0.1, 0.15) is 0 Å². The van der Waals surface area contributed by atoms with E-state index < -0.39 is 5.97 Å². The lowest BCUT2D eigenvalue weighted by Gasteiger charge is -2.12. The van der Waals surface area contributed by atoms with Gasteiger partial charge in [-0.25, -0.2) is 4.79 Å². The van der Waals surface area contributed by atoms with Crippen LogP contribution in [0.3, 0.4) is 0 Å². The molecular formula is C29H27N3O3. The zero-order valence-electron chi connectivity index (χ0n) is 20.0. The molecule has 4 aromatic rings. The van der Waals surface area contributed by atoms with Gasteiger partial charge in [-0.1, -0.05) is 56.3 Å². The van der Waals surface area contributed by atoms with Crippen molar-refractivity contribution < 1.29 is 14.7 Å². The maximum absolute atomic E-state index is 13.1. The highest BCUT2D eigenvalue weighted by molar-refractivity contribution is 6.32. The average Bonchev–Trinajstić information content (AvgIpc) is 3.41. The summed E-state index contributed by atoms with van der Waals surface area (Å²) in [5.74, 6) is -1.33. The summed E-state index contributed by atoms with van der Waals surface area (Å²) >= 11 is 0. The average molecular weight is 466 g/mol. The fourth-order valence-corrected chi connectivity index (χ4v) is 4.02. The van der Waals surface area contributed by atoms with Crippen LogP contribution in [0.1, 0.15) is 42.3 Å². The van der Waals surface area contributed by atoms with Gasteiger partial charge in [-0.05, 0) is 60.5 Å². The smallest absolute Gasteiger partial charge is 0.335 e. The highest BCUT2D eigenvalue weighted by Gasteiger charge is 2.29. The van der Waals surface area contributed by atoms with E-state index >= 15 is 0 Å². The molecule has 0 saturated heterocycles. The summed E-state index contributed by atoms with van der Waals surface area (Å²) in [5, 5.41) is 15.9. The Bertz CT molecular complexity index is 1450. The molecule has 1 aromatic heterocycles. The molecule has 0 atom stereocenters. The lowest BCUT2D eigenvalue weighted by Crippen LogP contribution is -2.21. The van der Waals surface area contributed by atoms with E-state index in [-0.39, 0.29) is 11.5 Å². The third kappa shape index (κ3) is 4.92. The maximum atomic E-state index is 13.1. The SMILES string of the molecule is CC.CC1=NN(c2cccc(C(=O)O)c2)C(=O)/C1=C\c1ccc2c(ccn2Cc2ccccc2)c1. The number of rotatable bonds is 5. The van der Waals surface area contributed by atoms with Crippen molar-refractivity contribution in [1.29, 1.82) is 0 Å². The predicted octanol–water partition coefficient (Wildman–Crippen LogP) is 6.22. The van der Waals surface area contributed by atoms with Crippen LogP contribution in [-0.4, -0.2) is 27.3 Å². The number of carboxylic acids is 1. The second-order valence-electron chi connectivity index (χ2n) is 7.96. The Balaban J connectivity index is 0.00000141. The van der Waals surface area contributed by atoms with Crippen molar-refractivity contribution in [2.45, 2.75) is 27.3 Å². The lowest BCUT2D eigenvalue weighted by molar-refractivity contribution is -0.114. The predicted molar refractivity (Wildman–Crippen MR) is 141 cm³/mol. The van der Waals surface area contributed by atoms with Crippen molar-refractivity contribution in [3.05, 3.63) is 107 Å². The van der Waals surface area contributed by atoms with Gasteiger partial charge in [0, 0.05) is 23.6 Å². The van der Waals surface area contributed by atoms with E-state index in [1.807, 2.05) is 44.2 Å². The summed E-state index contributed by atoms with van der Waals surface area (Å²) < 4.78 is 2.20. The quantitative estimate of drug-likeness (QED) is 0.356. The van der Waals surface area contributed by atoms with Crippen LogP contribution in [0.15, 0.2) is 95.7 Å². The zero-order valence-corrected chi connectivity index (χ0v) is 20.0. The van der Waals surface area contributed by atoms with Crippen molar-refractivity contribution in [3.8, 4) is 0 Å². The molecule has 1 aliphatic heterocycles. The van der Waals surface area contributed by atoms with Crippen LogP contribution in [-0.2, 0) is 11.3 Å². The van der Waals surface area contributed by atoms with E-state index in [2.05, 4.69) is 46.2 Å². The number of aromatic carboxylic acids is 1. The number of carbonyl (C=O) groups excluding carboxylic acids is 1. The lowest BCUT2D eigenvalue weighted by atomic mass is 10.1.